The summed E-state index contributed by atoms with van der Waals surface area (Å²) >= 11 is 0. The Bertz CT molecular complexity index is 700. The fraction of sp³-hybridized carbons (Fsp3) is 0.556. The number of benzene rings is 1. The molecule has 0 saturated carbocycles. The molecule has 1 amide bonds. The Morgan fingerprint density at radius 2 is 2.04 bits per heavy atom. The predicted molar refractivity (Wildman–Crippen MR) is 92.9 cm³/mol. The van der Waals surface area contributed by atoms with E-state index in [1.54, 1.807) is 0 Å². The van der Waals surface area contributed by atoms with E-state index in [1.807, 2.05) is 29.2 Å². The zero-order valence-corrected chi connectivity index (χ0v) is 14.2. The summed E-state index contributed by atoms with van der Waals surface area (Å²) in [6.45, 7) is 3.49. The van der Waals surface area contributed by atoms with Crippen molar-refractivity contribution in [3.63, 3.8) is 0 Å². The minimum Gasteiger partial charge on any atom is -0.390 e. The average molecular weight is 344 g/mol. The number of nitrogens with zero attached hydrogens (tertiary/aromatic N) is 3. The fourth-order valence-electron chi connectivity index (χ4n) is 3.67. The zero-order chi connectivity index (χ0) is 17.2. The van der Waals surface area contributed by atoms with Gasteiger partial charge < -0.3 is 19.7 Å². The quantitative estimate of drug-likeness (QED) is 0.836. The van der Waals surface area contributed by atoms with Crippen molar-refractivity contribution in [2.75, 3.05) is 32.8 Å². The molecular formula is C18H24N4O3. The molecule has 4 rings (SSSR count). The van der Waals surface area contributed by atoms with Crippen molar-refractivity contribution in [1.82, 2.24) is 19.8 Å². The molecule has 1 aromatic heterocycles. The van der Waals surface area contributed by atoms with Crippen LogP contribution in [0.2, 0.25) is 0 Å². The summed E-state index contributed by atoms with van der Waals surface area (Å²) < 4.78 is 5.56. The lowest BCUT2D eigenvalue weighted by atomic mass is 9.98. The van der Waals surface area contributed by atoms with Crippen LogP contribution in [0.1, 0.15) is 18.7 Å². The second kappa shape index (κ2) is 7.11. The van der Waals surface area contributed by atoms with E-state index in [4.69, 9.17) is 4.74 Å². The van der Waals surface area contributed by atoms with Crippen LogP contribution in [0.25, 0.3) is 11.0 Å². The molecule has 0 unspecified atom stereocenters. The molecule has 2 aliphatic rings. The monoisotopic (exact) mass is 344 g/mol. The molecule has 25 heavy (non-hydrogen) atoms. The van der Waals surface area contributed by atoms with E-state index in [2.05, 4.69) is 14.9 Å². The number of β-amino-alcohol motifs (C(OH)–C–C–N with tert-alkyl or cyclic N) is 1. The van der Waals surface area contributed by atoms with E-state index < -0.39 is 0 Å². The van der Waals surface area contributed by atoms with Gasteiger partial charge in [-0.05, 0) is 25.0 Å². The maximum atomic E-state index is 12.3. The van der Waals surface area contributed by atoms with Gasteiger partial charge in [-0.15, -0.1) is 0 Å². The Balaban J connectivity index is 1.20. The molecule has 2 N–H and O–H groups in total. The van der Waals surface area contributed by atoms with Crippen LogP contribution < -0.4 is 0 Å². The normalized spacial score (nSPS) is 20.1. The first-order chi connectivity index (χ1) is 12.2. The van der Waals surface area contributed by atoms with Gasteiger partial charge in [0.2, 0.25) is 5.91 Å². The molecule has 0 radical (unpaired) electrons. The van der Waals surface area contributed by atoms with Crippen molar-refractivity contribution in [3.05, 3.63) is 30.1 Å². The number of carbonyl (C=O) groups excluding carboxylic acids is 1. The third-order valence-electron chi connectivity index (χ3n) is 5.13. The number of amides is 1. The van der Waals surface area contributed by atoms with Crippen molar-refractivity contribution in [1.29, 1.82) is 0 Å². The standard InChI is InChI=1S/C18H24N4O3/c23-14-9-22(10-14)13-5-7-21(8-6-13)18(24)12-25-11-17-19-15-3-1-2-4-16(15)20-17/h1-4,13-14,23H,5-12H2,(H,19,20). The molecule has 2 fully saturated rings. The van der Waals surface area contributed by atoms with E-state index in [1.165, 1.54) is 0 Å². The summed E-state index contributed by atoms with van der Waals surface area (Å²) in [5, 5.41) is 9.40. The highest BCUT2D eigenvalue weighted by molar-refractivity contribution is 5.77. The van der Waals surface area contributed by atoms with Gasteiger partial charge in [0.15, 0.2) is 0 Å². The lowest BCUT2D eigenvalue weighted by Gasteiger charge is -2.45. The average Bonchev–Trinajstić information content (AvgIpc) is 3.02. The van der Waals surface area contributed by atoms with Gasteiger partial charge in [-0.1, -0.05) is 12.1 Å². The number of ether oxygens (including phenoxy) is 1. The predicted octanol–water partition coefficient (Wildman–Crippen LogP) is 0.747. The molecule has 0 aliphatic carbocycles. The zero-order valence-electron chi connectivity index (χ0n) is 14.2. The van der Waals surface area contributed by atoms with Crippen LogP contribution in [0, 0.1) is 0 Å². The highest BCUT2D eigenvalue weighted by Crippen LogP contribution is 2.21. The fourth-order valence-corrected chi connectivity index (χ4v) is 3.67. The molecule has 2 saturated heterocycles. The number of piperidine rings is 1. The van der Waals surface area contributed by atoms with Crippen LogP contribution in [-0.4, -0.2) is 75.7 Å². The molecule has 7 nitrogen and oxygen atoms in total. The third kappa shape index (κ3) is 3.68. The van der Waals surface area contributed by atoms with Gasteiger partial charge in [0.05, 0.1) is 17.1 Å². The topological polar surface area (TPSA) is 81.7 Å². The van der Waals surface area contributed by atoms with Crippen LogP contribution in [0.5, 0.6) is 0 Å². The van der Waals surface area contributed by atoms with Crippen LogP contribution in [0.15, 0.2) is 24.3 Å². The molecule has 0 bridgehead atoms. The smallest absolute Gasteiger partial charge is 0.248 e. The molecule has 134 valence electrons. The van der Waals surface area contributed by atoms with Crippen molar-refractivity contribution < 1.29 is 14.6 Å². The van der Waals surface area contributed by atoms with E-state index in [0.29, 0.717) is 12.6 Å². The first-order valence-electron chi connectivity index (χ1n) is 8.90. The number of imidazole rings is 1. The maximum Gasteiger partial charge on any atom is 0.248 e. The number of para-hydroxylation sites is 2. The van der Waals surface area contributed by atoms with Gasteiger partial charge in [-0.2, -0.15) is 0 Å². The second-order valence-corrected chi connectivity index (χ2v) is 6.91. The summed E-state index contributed by atoms with van der Waals surface area (Å²) in [6.07, 6.45) is 1.79. The minimum atomic E-state index is -0.161. The van der Waals surface area contributed by atoms with Crippen molar-refractivity contribution in [2.45, 2.75) is 31.6 Å². The molecule has 0 spiro atoms. The van der Waals surface area contributed by atoms with Gasteiger partial charge in [-0.25, -0.2) is 4.98 Å². The summed E-state index contributed by atoms with van der Waals surface area (Å²) in [6, 6.07) is 8.32. The number of likely N-dealkylation sites (tertiary alicyclic amines) is 2. The van der Waals surface area contributed by atoms with Crippen molar-refractivity contribution in [3.8, 4) is 0 Å². The second-order valence-electron chi connectivity index (χ2n) is 6.91. The lowest BCUT2D eigenvalue weighted by Crippen LogP contribution is -2.58. The Kier molecular flexibility index (Phi) is 4.70. The molecular weight excluding hydrogens is 320 g/mol. The molecule has 7 heteroatoms. The van der Waals surface area contributed by atoms with Crippen LogP contribution in [-0.2, 0) is 16.1 Å². The third-order valence-corrected chi connectivity index (χ3v) is 5.13. The highest BCUT2D eigenvalue weighted by Gasteiger charge is 2.33. The van der Waals surface area contributed by atoms with Crippen molar-refractivity contribution >= 4 is 16.9 Å². The minimum absolute atomic E-state index is 0.0400. The number of hydrogen-bond acceptors (Lipinski definition) is 5. The van der Waals surface area contributed by atoms with E-state index in [0.717, 1.165) is 55.9 Å². The van der Waals surface area contributed by atoms with Crippen LogP contribution in [0.3, 0.4) is 0 Å². The van der Waals surface area contributed by atoms with Crippen molar-refractivity contribution in [2.24, 2.45) is 0 Å². The molecule has 1 aromatic carbocycles. The molecule has 3 heterocycles. The number of aliphatic hydroxyl groups excluding tert-OH is 1. The van der Waals surface area contributed by atoms with E-state index >= 15 is 0 Å². The van der Waals surface area contributed by atoms with Gasteiger partial charge >= 0.3 is 0 Å². The van der Waals surface area contributed by atoms with Gasteiger partial charge in [-0.3, -0.25) is 9.69 Å². The van der Waals surface area contributed by atoms with Crippen LogP contribution >= 0.6 is 0 Å². The Labute approximate surface area is 146 Å². The Hall–Kier alpha value is -1.96. The maximum absolute atomic E-state index is 12.3. The van der Waals surface area contributed by atoms with Gasteiger partial charge in [0, 0.05) is 32.2 Å². The van der Waals surface area contributed by atoms with Gasteiger partial charge in [0.1, 0.15) is 19.0 Å². The SMILES string of the molecule is O=C(COCc1nc2ccccc2[nH]1)N1CCC(N2CC(O)C2)CC1. The summed E-state index contributed by atoms with van der Waals surface area (Å²) in [4.78, 5) is 24.1. The molecule has 0 atom stereocenters. The number of aliphatic hydroxyl groups is 1. The molecule has 2 aliphatic heterocycles. The number of carbonyl (C=O) groups is 1. The summed E-state index contributed by atoms with van der Waals surface area (Å²) in [7, 11) is 0. The summed E-state index contributed by atoms with van der Waals surface area (Å²) in [5.74, 6) is 0.780. The number of fused-ring (bicyclic) bond motifs is 1. The highest BCUT2D eigenvalue weighted by atomic mass is 16.5. The van der Waals surface area contributed by atoms with E-state index in [9.17, 15) is 9.90 Å². The van der Waals surface area contributed by atoms with Gasteiger partial charge in [0.25, 0.3) is 0 Å². The number of H-pyrrole nitrogens is 1. The molecule has 2 aromatic rings. The summed E-state index contributed by atoms with van der Waals surface area (Å²) in [5.41, 5.74) is 1.89. The number of rotatable bonds is 5. The largest absolute Gasteiger partial charge is 0.390 e. The number of aromatic nitrogens is 2. The lowest BCUT2D eigenvalue weighted by molar-refractivity contribution is -0.139. The Morgan fingerprint density at radius 3 is 2.76 bits per heavy atom. The first kappa shape index (κ1) is 16.5. The first-order valence-corrected chi connectivity index (χ1v) is 8.90. The van der Waals surface area contributed by atoms with E-state index in [-0.39, 0.29) is 18.6 Å². The number of aromatic amines is 1. The Morgan fingerprint density at radius 1 is 1.28 bits per heavy atom. The van der Waals surface area contributed by atoms with Crippen LogP contribution in [0.4, 0.5) is 0 Å². The number of hydrogen-bond donors (Lipinski definition) is 2. The number of nitrogens with one attached hydrogen (secondary N) is 1.